The lowest BCUT2D eigenvalue weighted by molar-refractivity contribution is -0.137. The van der Waals surface area contributed by atoms with Crippen LogP contribution in [0.5, 0.6) is 0 Å². The number of hydrogen-bond donors (Lipinski definition) is 1. The molecule has 17 heavy (non-hydrogen) atoms. The van der Waals surface area contributed by atoms with Crippen LogP contribution in [0, 0.1) is 0 Å². The normalized spacial score (nSPS) is 23.5. The highest BCUT2D eigenvalue weighted by Crippen LogP contribution is 2.46. The average molecular weight is 261 g/mol. The highest BCUT2D eigenvalue weighted by molar-refractivity contribution is 8.00. The predicted octanol–water partition coefficient (Wildman–Crippen LogP) is 3.24. The highest BCUT2D eigenvalue weighted by Gasteiger charge is 2.43. The second-order valence-electron chi connectivity index (χ2n) is 3.95. The van der Waals surface area contributed by atoms with Gasteiger partial charge in [-0.25, -0.2) is 0 Å². The van der Waals surface area contributed by atoms with Gasteiger partial charge in [-0.2, -0.15) is 13.2 Å². The number of benzene rings is 1. The van der Waals surface area contributed by atoms with Crippen molar-refractivity contribution < 1.29 is 18.0 Å². The molecule has 1 aliphatic heterocycles. The van der Waals surface area contributed by atoms with Crippen LogP contribution in [-0.4, -0.2) is 12.2 Å². The van der Waals surface area contributed by atoms with E-state index in [4.69, 9.17) is 0 Å². The molecule has 1 aromatic rings. The van der Waals surface area contributed by atoms with Gasteiger partial charge in [0, 0.05) is 11.3 Å². The third-order valence-electron chi connectivity index (χ3n) is 2.95. The number of hydrogen-bond acceptors (Lipinski definition) is 2. The average Bonchev–Trinajstić information content (AvgIpc) is 2.50. The van der Waals surface area contributed by atoms with Gasteiger partial charge in [-0.15, -0.1) is 11.8 Å². The molecule has 1 aromatic carbocycles. The molecule has 1 atom stereocenters. The summed E-state index contributed by atoms with van der Waals surface area (Å²) in [6.45, 7) is 1.70. The molecule has 1 amide bonds. The van der Waals surface area contributed by atoms with Crippen molar-refractivity contribution in [1.29, 1.82) is 0 Å². The van der Waals surface area contributed by atoms with Gasteiger partial charge < -0.3 is 5.32 Å². The summed E-state index contributed by atoms with van der Waals surface area (Å²) >= 11 is 1.31. The number of rotatable bonds is 1. The molecule has 1 N–H and O–H groups in total. The summed E-state index contributed by atoms with van der Waals surface area (Å²) in [5.41, 5.74) is 0.103. The quantitative estimate of drug-likeness (QED) is 0.840. The molecule has 92 valence electrons. The molecule has 0 fully saturated rings. The molecule has 0 bridgehead atoms. The van der Waals surface area contributed by atoms with Gasteiger partial charge in [0.25, 0.3) is 0 Å². The van der Waals surface area contributed by atoms with Crippen LogP contribution < -0.4 is 5.32 Å². The highest BCUT2D eigenvalue weighted by atomic mass is 32.2. The van der Waals surface area contributed by atoms with Gasteiger partial charge in [-0.1, -0.05) is 6.07 Å². The van der Waals surface area contributed by atoms with E-state index in [-0.39, 0.29) is 11.6 Å². The minimum Gasteiger partial charge on any atom is -0.324 e. The van der Waals surface area contributed by atoms with Gasteiger partial charge in [-0.05, 0) is 25.3 Å². The number of amides is 1. The van der Waals surface area contributed by atoms with Crippen molar-refractivity contribution >= 4 is 23.4 Å². The molecule has 2 rings (SSSR count). The molecule has 6 heteroatoms. The third-order valence-corrected chi connectivity index (χ3v) is 4.17. The van der Waals surface area contributed by atoms with Gasteiger partial charge in [0.15, 0.2) is 0 Å². The Bertz CT molecular complexity index is 486. The van der Waals surface area contributed by atoms with E-state index >= 15 is 0 Å². The van der Waals surface area contributed by atoms with E-state index in [0.29, 0.717) is 5.56 Å². The van der Waals surface area contributed by atoms with Crippen LogP contribution in [0.4, 0.5) is 18.9 Å². The lowest BCUT2D eigenvalue weighted by Gasteiger charge is -2.19. The molecular formula is C11H10F3NOS. The lowest BCUT2D eigenvalue weighted by Crippen LogP contribution is -2.26. The summed E-state index contributed by atoms with van der Waals surface area (Å²) in [7, 11) is 0. The molecule has 0 saturated carbocycles. The fourth-order valence-electron chi connectivity index (χ4n) is 1.81. The summed E-state index contributed by atoms with van der Waals surface area (Å²) in [4.78, 5) is 11.7. The first-order chi connectivity index (χ1) is 7.79. The first kappa shape index (κ1) is 12.3. The van der Waals surface area contributed by atoms with Crippen molar-refractivity contribution in [1.82, 2.24) is 0 Å². The number of nitrogens with one attached hydrogen (secondary N) is 1. The molecule has 0 radical (unpaired) electrons. The third kappa shape index (κ3) is 1.80. The molecular weight excluding hydrogens is 251 g/mol. The van der Waals surface area contributed by atoms with E-state index in [9.17, 15) is 18.0 Å². The van der Waals surface area contributed by atoms with E-state index in [1.54, 1.807) is 13.2 Å². The Balaban J connectivity index is 2.53. The van der Waals surface area contributed by atoms with Crippen LogP contribution in [0.3, 0.4) is 0 Å². The SMILES string of the molecule is CS[C@]1(C)C(=O)Nc2cc(C(F)(F)F)ccc21. The van der Waals surface area contributed by atoms with Crippen LogP contribution in [-0.2, 0) is 15.7 Å². The van der Waals surface area contributed by atoms with E-state index < -0.39 is 16.5 Å². The summed E-state index contributed by atoms with van der Waals surface area (Å²) in [5.74, 6) is -0.278. The van der Waals surface area contributed by atoms with Crippen molar-refractivity contribution in [3.05, 3.63) is 29.3 Å². The topological polar surface area (TPSA) is 29.1 Å². The van der Waals surface area contributed by atoms with Gasteiger partial charge in [0.1, 0.15) is 4.75 Å². The Morgan fingerprint density at radius 2 is 2.00 bits per heavy atom. The van der Waals surface area contributed by atoms with Gasteiger partial charge in [0.2, 0.25) is 5.91 Å². The Morgan fingerprint density at radius 3 is 2.53 bits per heavy atom. The second-order valence-corrected chi connectivity index (χ2v) is 5.17. The number of halogens is 3. The zero-order chi connectivity index (χ0) is 12.8. The largest absolute Gasteiger partial charge is 0.416 e. The van der Waals surface area contributed by atoms with Crippen molar-refractivity contribution in [2.24, 2.45) is 0 Å². The maximum absolute atomic E-state index is 12.5. The van der Waals surface area contributed by atoms with Crippen molar-refractivity contribution in [2.75, 3.05) is 11.6 Å². The molecule has 0 aliphatic carbocycles. The summed E-state index contributed by atoms with van der Waals surface area (Å²) in [6.07, 6.45) is -2.63. The monoisotopic (exact) mass is 261 g/mol. The van der Waals surface area contributed by atoms with Crippen LogP contribution in [0.1, 0.15) is 18.1 Å². The predicted molar refractivity (Wildman–Crippen MR) is 60.9 cm³/mol. The standard InChI is InChI=1S/C11H10F3NOS/c1-10(17-2)7-4-3-6(11(12,13)14)5-8(7)15-9(10)16/h3-5H,1-2H3,(H,15,16)/t10-/m0/s1. The van der Waals surface area contributed by atoms with Crippen LogP contribution in [0.15, 0.2) is 18.2 Å². The van der Waals surface area contributed by atoms with Crippen LogP contribution in [0.2, 0.25) is 0 Å². The van der Waals surface area contributed by atoms with Crippen molar-refractivity contribution in [3.63, 3.8) is 0 Å². The van der Waals surface area contributed by atoms with Gasteiger partial charge in [-0.3, -0.25) is 4.79 Å². The van der Waals surface area contributed by atoms with Gasteiger partial charge in [0.05, 0.1) is 5.56 Å². The Labute approximate surface area is 101 Å². The number of fused-ring (bicyclic) bond motifs is 1. The molecule has 0 saturated heterocycles. The Morgan fingerprint density at radius 1 is 1.35 bits per heavy atom. The lowest BCUT2D eigenvalue weighted by atomic mass is 10.0. The first-order valence-corrected chi connectivity index (χ1v) is 6.10. The number of alkyl halides is 3. The fraction of sp³-hybridized carbons (Fsp3) is 0.364. The Hall–Kier alpha value is -1.17. The number of carbonyl (C=O) groups is 1. The van der Waals surface area contributed by atoms with E-state index in [0.717, 1.165) is 12.1 Å². The van der Waals surface area contributed by atoms with Crippen LogP contribution >= 0.6 is 11.8 Å². The molecule has 1 heterocycles. The number of carbonyl (C=O) groups excluding carboxylic acids is 1. The van der Waals surface area contributed by atoms with E-state index in [2.05, 4.69) is 5.32 Å². The molecule has 0 aromatic heterocycles. The molecule has 0 unspecified atom stereocenters. The summed E-state index contributed by atoms with van der Waals surface area (Å²) < 4.78 is 36.7. The zero-order valence-electron chi connectivity index (χ0n) is 9.18. The van der Waals surface area contributed by atoms with Crippen molar-refractivity contribution in [3.8, 4) is 0 Å². The van der Waals surface area contributed by atoms with E-state index in [1.165, 1.54) is 17.8 Å². The Kier molecular flexibility index (Phi) is 2.65. The first-order valence-electron chi connectivity index (χ1n) is 4.87. The fourth-order valence-corrected chi connectivity index (χ4v) is 2.44. The van der Waals surface area contributed by atoms with Crippen molar-refractivity contribution in [2.45, 2.75) is 17.8 Å². The minimum atomic E-state index is -4.39. The van der Waals surface area contributed by atoms with Crippen LogP contribution in [0.25, 0.3) is 0 Å². The zero-order valence-corrected chi connectivity index (χ0v) is 10.00. The maximum Gasteiger partial charge on any atom is 0.416 e. The van der Waals surface area contributed by atoms with Gasteiger partial charge >= 0.3 is 6.18 Å². The molecule has 0 spiro atoms. The second kappa shape index (κ2) is 3.66. The number of anilines is 1. The molecule has 2 nitrogen and oxygen atoms in total. The van der Waals surface area contributed by atoms with E-state index in [1.807, 2.05) is 0 Å². The molecule has 1 aliphatic rings. The maximum atomic E-state index is 12.5. The summed E-state index contributed by atoms with van der Waals surface area (Å²) in [5, 5.41) is 2.49. The minimum absolute atomic E-state index is 0.252. The number of thioether (sulfide) groups is 1. The smallest absolute Gasteiger partial charge is 0.324 e. The summed E-state index contributed by atoms with van der Waals surface area (Å²) in [6, 6.07) is 3.36.